The summed E-state index contributed by atoms with van der Waals surface area (Å²) in [5.74, 6) is 0.517. The first kappa shape index (κ1) is 16.5. The summed E-state index contributed by atoms with van der Waals surface area (Å²) in [7, 11) is 0. The maximum atomic E-state index is 12.8. The highest BCUT2D eigenvalue weighted by molar-refractivity contribution is 5.97. The van der Waals surface area contributed by atoms with Crippen LogP contribution in [0.5, 0.6) is 0 Å². The van der Waals surface area contributed by atoms with Crippen LogP contribution in [0.15, 0.2) is 36.5 Å². The number of hydrogen-bond donors (Lipinski definition) is 2. The molecule has 3 heterocycles. The van der Waals surface area contributed by atoms with Crippen molar-refractivity contribution in [3.8, 4) is 0 Å². The topological polar surface area (TPSA) is 110 Å². The van der Waals surface area contributed by atoms with E-state index in [4.69, 9.17) is 10.5 Å². The van der Waals surface area contributed by atoms with E-state index in [1.807, 2.05) is 17.0 Å². The number of hydrogen-bond acceptors (Lipinski definition) is 6. The van der Waals surface area contributed by atoms with Gasteiger partial charge in [0.15, 0.2) is 0 Å². The minimum atomic E-state index is -0.00337. The first-order valence-corrected chi connectivity index (χ1v) is 8.61. The van der Waals surface area contributed by atoms with Crippen molar-refractivity contribution in [2.24, 2.45) is 0 Å². The number of aromatic nitrogens is 4. The van der Waals surface area contributed by atoms with Gasteiger partial charge in [-0.15, -0.1) is 0 Å². The Morgan fingerprint density at radius 2 is 2.15 bits per heavy atom. The lowest BCUT2D eigenvalue weighted by Crippen LogP contribution is -2.45. The standard InChI is InChI=1S/C18H20N6O2/c19-17-9-12(5-6-20-17)1-3-14-11-24(7-8-26-14)18(25)13-2-4-15-16(10-13)22-23-21-15/h2,4-6,9-10,14H,1,3,7-8,11H2,(H2,19,20)(H,21,22,23)/t14-/m1/s1. The summed E-state index contributed by atoms with van der Waals surface area (Å²) >= 11 is 0. The van der Waals surface area contributed by atoms with Gasteiger partial charge in [0.1, 0.15) is 16.9 Å². The molecule has 0 spiro atoms. The number of carbonyl (C=O) groups excluding carboxylic acids is 1. The molecule has 1 amide bonds. The third-order valence-electron chi connectivity index (χ3n) is 4.59. The zero-order valence-corrected chi connectivity index (χ0v) is 14.3. The molecule has 1 aliphatic heterocycles. The number of H-pyrrole nitrogens is 1. The number of pyridine rings is 1. The van der Waals surface area contributed by atoms with Gasteiger partial charge in [-0.05, 0) is 48.7 Å². The number of carbonyl (C=O) groups is 1. The van der Waals surface area contributed by atoms with Crippen LogP contribution < -0.4 is 5.73 Å². The van der Waals surface area contributed by atoms with Crippen LogP contribution >= 0.6 is 0 Å². The second kappa shape index (κ2) is 7.09. The van der Waals surface area contributed by atoms with E-state index in [2.05, 4.69) is 20.4 Å². The third-order valence-corrected chi connectivity index (χ3v) is 4.59. The molecule has 0 bridgehead atoms. The van der Waals surface area contributed by atoms with Crippen LogP contribution in [0.25, 0.3) is 11.0 Å². The van der Waals surface area contributed by atoms with Gasteiger partial charge in [0.2, 0.25) is 0 Å². The molecule has 1 aromatic carbocycles. The Morgan fingerprint density at radius 3 is 3.04 bits per heavy atom. The Morgan fingerprint density at radius 1 is 1.27 bits per heavy atom. The van der Waals surface area contributed by atoms with Crippen LogP contribution in [0.1, 0.15) is 22.3 Å². The van der Waals surface area contributed by atoms with Gasteiger partial charge in [0.25, 0.3) is 5.91 Å². The number of aromatic amines is 1. The molecule has 2 aromatic heterocycles. The monoisotopic (exact) mass is 352 g/mol. The Bertz CT molecular complexity index is 925. The van der Waals surface area contributed by atoms with E-state index >= 15 is 0 Å². The fraction of sp³-hybridized carbons (Fsp3) is 0.333. The summed E-state index contributed by atoms with van der Waals surface area (Å²) in [5.41, 5.74) is 8.90. The second-order valence-electron chi connectivity index (χ2n) is 6.40. The van der Waals surface area contributed by atoms with Gasteiger partial charge in [-0.1, -0.05) is 0 Å². The second-order valence-corrected chi connectivity index (χ2v) is 6.40. The van der Waals surface area contributed by atoms with Crippen molar-refractivity contribution >= 4 is 22.8 Å². The average molecular weight is 352 g/mol. The van der Waals surface area contributed by atoms with Crippen molar-refractivity contribution in [2.75, 3.05) is 25.4 Å². The van der Waals surface area contributed by atoms with Gasteiger partial charge in [-0.2, -0.15) is 15.4 Å². The van der Waals surface area contributed by atoms with Crippen LogP contribution in [0.2, 0.25) is 0 Å². The van der Waals surface area contributed by atoms with Crippen molar-refractivity contribution in [3.05, 3.63) is 47.7 Å². The summed E-state index contributed by atoms with van der Waals surface area (Å²) in [4.78, 5) is 18.7. The molecule has 1 fully saturated rings. The van der Waals surface area contributed by atoms with E-state index in [0.29, 0.717) is 36.6 Å². The van der Waals surface area contributed by atoms with Gasteiger partial charge in [0.05, 0.1) is 12.7 Å². The van der Waals surface area contributed by atoms with Crippen molar-refractivity contribution in [3.63, 3.8) is 0 Å². The lowest BCUT2D eigenvalue weighted by molar-refractivity contribution is -0.0245. The first-order valence-electron chi connectivity index (χ1n) is 8.61. The summed E-state index contributed by atoms with van der Waals surface area (Å²) in [6, 6.07) is 9.19. The molecule has 0 radical (unpaired) electrons. The Hall–Kier alpha value is -3.00. The Kier molecular flexibility index (Phi) is 4.49. The number of nitrogens with two attached hydrogens (primary N) is 1. The smallest absolute Gasteiger partial charge is 0.254 e. The normalized spacial score (nSPS) is 17.5. The van der Waals surface area contributed by atoms with Crippen LogP contribution in [0, 0.1) is 0 Å². The molecule has 1 atom stereocenters. The molecule has 134 valence electrons. The van der Waals surface area contributed by atoms with Crippen LogP contribution in [-0.2, 0) is 11.2 Å². The molecule has 0 unspecified atom stereocenters. The molecule has 0 aliphatic carbocycles. The highest BCUT2D eigenvalue weighted by Crippen LogP contribution is 2.17. The third kappa shape index (κ3) is 3.50. The van der Waals surface area contributed by atoms with Crippen molar-refractivity contribution in [1.29, 1.82) is 0 Å². The predicted molar refractivity (Wildman–Crippen MR) is 96.5 cm³/mol. The molecule has 1 aliphatic rings. The van der Waals surface area contributed by atoms with Crippen molar-refractivity contribution in [2.45, 2.75) is 18.9 Å². The maximum Gasteiger partial charge on any atom is 0.254 e. The molecule has 3 aromatic rings. The first-order chi connectivity index (χ1) is 12.7. The van der Waals surface area contributed by atoms with Gasteiger partial charge >= 0.3 is 0 Å². The number of fused-ring (bicyclic) bond motifs is 1. The number of aryl methyl sites for hydroxylation is 1. The number of amides is 1. The Labute approximate surface area is 150 Å². The molecule has 8 heteroatoms. The minimum absolute atomic E-state index is 0.00337. The molecule has 4 rings (SSSR count). The van der Waals surface area contributed by atoms with E-state index in [-0.39, 0.29) is 12.0 Å². The van der Waals surface area contributed by atoms with Gasteiger partial charge in [0, 0.05) is 24.8 Å². The number of benzene rings is 1. The maximum absolute atomic E-state index is 12.8. The van der Waals surface area contributed by atoms with E-state index in [1.54, 1.807) is 24.4 Å². The van der Waals surface area contributed by atoms with Gasteiger partial charge < -0.3 is 15.4 Å². The average Bonchev–Trinajstić information content (AvgIpc) is 3.14. The zero-order valence-electron chi connectivity index (χ0n) is 14.3. The predicted octanol–water partition coefficient (Wildman–Crippen LogP) is 1.41. The van der Waals surface area contributed by atoms with E-state index in [9.17, 15) is 4.79 Å². The molecule has 3 N–H and O–H groups in total. The summed E-state index contributed by atoms with van der Waals surface area (Å²) in [6.45, 7) is 1.71. The zero-order chi connectivity index (χ0) is 17.9. The SMILES string of the molecule is Nc1cc(CC[C@@H]2CN(C(=O)c3ccc4n[nH]nc4c3)CCO2)ccn1. The number of anilines is 1. The number of nitrogen functional groups attached to an aromatic ring is 1. The highest BCUT2D eigenvalue weighted by atomic mass is 16.5. The molecule has 8 nitrogen and oxygen atoms in total. The number of nitrogens with zero attached hydrogens (tertiary/aromatic N) is 4. The van der Waals surface area contributed by atoms with Crippen LogP contribution in [-0.4, -0.2) is 57.0 Å². The number of nitrogens with one attached hydrogen (secondary N) is 1. The van der Waals surface area contributed by atoms with Crippen LogP contribution in [0.4, 0.5) is 5.82 Å². The quantitative estimate of drug-likeness (QED) is 0.734. The van der Waals surface area contributed by atoms with E-state index in [0.717, 1.165) is 23.9 Å². The van der Waals surface area contributed by atoms with Gasteiger partial charge in [-0.3, -0.25) is 4.79 Å². The largest absolute Gasteiger partial charge is 0.384 e. The van der Waals surface area contributed by atoms with E-state index < -0.39 is 0 Å². The summed E-state index contributed by atoms with van der Waals surface area (Å²) < 4.78 is 5.84. The van der Waals surface area contributed by atoms with Crippen molar-refractivity contribution in [1.82, 2.24) is 25.3 Å². The minimum Gasteiger partial charge on any atom is -0.384 e. The highest BCUT2D eigenvalue weighted by Gasteiger charge is 2.25. The lowest BCUT2D eigenvalue weighted by Gasteiger charge is -2.33. The number of ether oxygens (including phenoxy) is 1. The Balaban J connectivity index is 1.40. The molecule has 26 heavy (non-hydrogen) atoms. The lowest BCUT2D eigenvalue weighted by atomic mass is 10.1. The summed E-state index contributed by atoms with van der Waals surface area (Å²) in [6.07, 6.45) is 3.39. The summed E-state index contributed by atoms with van der Waals surface area (Å²) in [5, 5.41) is 10.6. The van der Waals surface area contributed by atoms with Crippen LogP contribution in [0.3, 0.4) is 0 Å². The molecule has 1 saturated heterocycles. The molecular formula is C18H20N6O2. The molecule has 0 saturated carbocycles. The van der Waals surface area contributed by atoms with Crippen molar-refractivity contribution < 1.29 is 9.53 Å². The fourth-order valence-corrected chi connectivity index (χ4v) is 3.21. The number of morpholine rings is 1. The molecular weight excluding hydrogens is 332 g/mol. The van der Waals surface area contributed by atoms with Gasteiger partial charge in [-0.25, -0.2) is 4.98 Å². The van der Waals surface area contributed by atoms with E-state index in [1.165, 1.54) is 0 Å². The number of rotatable bonds is 4. The fourth-order valence-electron chi connectivity index (χ4n) is 3.21.